The molecule has 1 aromatic heterocycles. The molecule has 0 saturated heterocycles. The number of aliphatic hydroxyl groups excluding tert-OH is 1. The van der Waals surface area contributed by atoms with Crippen molar-refractivity contribution in [1.29, 1.82) is 0 Å². The molecule has 0 radical (unpaired) electrons. The topological polar surface area (TPSA) is 102 Å². The molecule has 0 saturated carbocycles. The third kappa shape index (κ3) is 4.06. The molecule has 0 aliphatic rings. The van der Waals surface area contributed by atoms with Crippen LogP contribution in [0.25, 0.3) is 0 Å². The standard InChI is InChI=1S/C12H18N2O5/c1-4-7(2)9(15)6-13-11(16)8-5-10(19-14-8)12(17)18-3/h5,7,9,15H,4,6H2,1-3H3,(H,13,16)/t7-,9+/m0/s1. The second-order valence-corrected chi connectivity index (χ2v) is 4.23. The number of hydrogen-bond donors (Lipinski definition) is 2. The molecule has 106 valence electrons. The summed E-state index contributed by atoms with van der Waals surface area (Å²) in [6.07, 6.45) is 0.189. The summed E-state index contributed by atoms with van der Waals surface area (Å²) in [7, 11) is 1.20. The summed E-state index contributed by atoms with van der Waals surface area (Å²) >= 11 is 0. The van der Waals surface area contributed by atoms with E-state index in [-0.39, 0.29) is 23.9 Å². The second-order valence-electron chi connectivity index (χ2n) is 4.23. The Morgan fingerprint density at radius 1 is 1.58 bits per heavy atom. The van der Waals surface area contributed by atoms with Crippen molar-refractivity contribution in [3.63, 3.8) is 0 Å². The van der Waals surface area contributed by atoms with Gasteiger partial charge in [0.1, 0.15) is 0 Å². The van der Waals surface area contributed by atoms with Crippen molar-refractivity contribution in [3.8, 4) is 0 Å². The Bertz CT molecular complexity index is 443. The Morgan fingerprint density at radius 2 is 2.26 bits per heavy atom. The molecule has 0 fully saturated rings. The number of nitrogens with one attached hydrogen (secondary N) is 1. The highest BCUT2D eigenvalue weighted by Crippen LogP contribution is 2.07. The maximum atomic E-state index is 11.7. The van der Waals surface area contributed by atoms with Gasteiger partial charge in [-0.05, 0) is 5.92 Å². The van der Waals surface area contributed by atoms with Gasteiger partial charge in [0.15, 0.2) is 5.69 Å². The van der Waals surface area contributed by atoms with Gasteiger partial charge in [0, 0.05) is 12.6 Å². The van der Waals surface area contributed by atoms with Crippen LogP contribution in [0, 0.1) is 5.92 Å². The van der Waals surface area contributed by atoms with Crippen LogP contribution in [0.3, 0.4) is 0 Å². The molecule has 1 rings (SSSR count). The Morgan fingerprint density at radius 3 is 2.84 bits per heavy atom. The lowest BCUT2D eigenvalue weighted by Crippen LogP contribution is -2.35. The number of ether oxygens (including phenoxy) is 1. The van der Waals surface area contributed by atoms with Gasteiger partial charge in [0.25, 0.3) is 5.91 Å². The Hall–Kier alpha value is -1.89. The summed E-state index contributed by atoms with van der Waals surface area (Å²) in [6.45, 7) is 3.96. The largest absolute Gasteiger partial charge is 0.463 e. The van der Waals surface area contributed by atoms with Crippen LogP contribution in [0.4, 0.5) is 0 Å². The fraction of sp³-hybridized carbons (Fsp3) is 0.583. The molecule has 2 N–H and O–H groups in total. The maximum Gasteiger partial charge on any atom is 0.376 e. The van der Waals surface area contributed by atoms with E-state index >= 15 is 0 Å². The molecule has 0 bridgehead atoms. The summed E-state index contributed by atoms with van der Waals surface area (Å²) < 4.78 is 9.10. The minimum atomic E-state index is -0.703. The number of carbonyl (C=O) groups is 2. The summed E-state index contributed by atoms with van der Waals surface area (Å²) in [4.78, 5) is 22.8. The Kier molecular flexibility index (Phi) is 5.50. The molecule has 2 atom stereocenters. The number of aliphatic hydroxyl groups is 1. The Balaban J connectivity index is 2.54. The van der Waals surface area contributed by atoms with Gasteiger partial charge in [-0.1, -0.05) is 25.4 Å². The van der Waals surface area contributed by atoms with E-state index < -0.39 is 18.0 Å². The maximum absolute atomic E-state index is 11.7. The van der Waals surface area contributed by atoms with E-state index in [2.05, 4.69) is 19.7 Å². The first-order chi connectivity index (χ1) is 8.99. The fourth-order valence-electron chi connectivity index (χ4n) is 1.34. The highest BCUT2D eigenvalue weighted by Gasteiger charge is 2.19. The van der Waals surface area contributed by atoms with Gasteiger partial charge < -0.3 is 19.7 Å². The molecule has 1 heterocycles. The zero-order valence-electron chi connectivity index (χ0n) is 11.2. The molecule has 0 aliphatic carbocycles. The predicted molar refractivity (Wildman–Crippen MR) is 65.6 cm³/mol. The average Bonchev–Trinajstić information content (AvgIpc) is 2.92. The molecular weight excluding hydrogens is 252 g/mol. The van der Waals surface area contributed by atoms with E-state index in [1.54, 1.807) is 0 Å². The first-order valence-corrected chi connectivity index (χ1v) is 6.00. The van der Waals surface area contributed by atoms with Crippen LogP contribution >= 0.6 is 0 Å². The van der Waals surface area contributed by atoms with Crippen molar-refractivity contribution in [2.75, 3.05) is 13.7 Å². The lowest BCUT2D eigenvalue weighted by molar-refractivity contribution is 0.0554. The first-order valence-electron chi connectivity index (χ1n) is 6.00. The zero-order valence-corrected chi connectivity index (χ0v) is 11.2. The van der Waals surface area contributed by atoms with Crippen LogP contribution in [-0.2, 0) is 4.74 Å². The predicted octanol–water partition coefficient (Wildman–Crippen LogP) is 0.598. The molecule has 7 heteroatoms. The first kappa shape index (κ1) is 15.2. The molecule has 0 unspecified atom stereocenters. The molecule has 0 aliphatic heterocycles. The summed E-state index contributed by atoms with van der Waals surface area (Å²) in [5.41, 5.74) is -0.0308. The summed E-state index contributed by atoms with van der Waals surface area (Å²) in [5.74, 6) is -1.27. The van der Waals surface area contributed by atoms with Crippen molar-refractivity contribution in [2.24, 2.45) is 5.92 Å². The van der Waals surface area contributed by atoms with Gasteiger partial charge in [-0.2, -0.15) is 0 Å². The number of amides is 1. The number of aromatic nitrogens is 1. The zero-order chi connectivity index (χ0) is 14.4. The summed E-state index contributed by atoms with van der Waals surface area (Å²) in [6, 6.07) is 1.19. The normalized spacial score (nSPS) is 13.7. The van der Waals surface area contributed by atoms with Crippen molar-refractivity contribution in [2.45, 2.75) is 26.4 Å². The molecule has 1 amide bonds. The van der Waals surface area contributed by atoms with Crippen LogP contribution in [0.1, 0.15) is 41.3 Å². The summed E-state index contributed by atoms with van der Waals surface area (Å²) in [5, 5.41) is 15.7. The number of hydrogen-bond acceptors (Lipinski definition) is 6. The lowest BCUT2D eigenvalue weighted by Gasteiger charge is -2.16. The minimum absolute atomic E-state index is 0.0308. The third-order valence-electron chi connectivity index (χ3n) is 2.90. The minimum Gasteiger partial charge on any atom is -0.463 e. The van der Waals surface area contributed by atoms with E-state index in [0.717, 1.165) is 6.42 Å². The van der Waals surface area contributed by atoms with Gasteiger partial charge in [-0.3, -0.25) is 4.79 Å². The SMILES string of the molecule is CC[C@H](C)[C@H](O)CNC(=O)c1cc(C(=O)OC)on1. The van der Waals surface area contributed by atoms with Gasteiger partial charge >= 0.3 is 5.97 Å². The van der Waals surface area contributed by atoms with Gasteiger partial charge in [-0.15, -0.1) is 0 Å². The van der Waals surface area contributed by atoms with Crippen LogP contribution < -0.4 is 5.32 Å². The van der Waals surface area contributed by atoms with E-state index in [4.69, 9.17) is 0 Å². The van der Waals surface area contributed by atoms with E-state index in [9.17, 15) is 14.7 Å². The van der Waals surface area contributed by atoms with Gasteiger partial charge in [-0.25, -0.2) is 4.79 Å². The van der Waals surface area contributed by atoms with Crippen LogP contribution in [0.5, 0.6) is 0 Å². The van der Waals surface area contributed by atoms with Crippen LogP contribution in [-0.4, -0.2) is 41.9 Å². The molecular formula is C12H18N2O5. The Labute approximate surface area is 110 Å². The molecule has 7 nitrogen and oxygen atoms in total. The van der Waals surface area contributed by atoms with Gasteiger partial charge in [0.2, 0.25) is 5.76 Å². The number of rotatable bonds is 6. The molecule has 1 aromatic rings. The average molecular weight is 270 g/mol. The number of nitrogens with zero attached hydrogens (tertiary/aromatic N) is 1. The lowest BCUT2D eigenvalue weighted by atomic mass is 10.0. The third-order valence-corrected chi connectivity index (χ3v) is 2.90. The van der Waals surface area contributed by atoms with Crippen LogP contribution in [0.15, 0.2) is 10.6 Å². The molecule has 0 aromatic carbocycles. The monoisotopic (exact) mass is 270 g/mol. The quantitative estimate of drug-likeness (QED) is 0.734. The molecule has 0 spiro atoms. The molecule has 19 heavy (non-hydrogen) atoms. The van der Waals surface area contributed by atoms with E-state index in [0.29, 0.717) is 0 Å². The number of carbonyl (C=O) groups excluding carboxylic acids is 2. The number of esters is 1. The smallest absolute Gasteiger partial charge is 0.376 e. The fourth-order valence-corrected chi connectivity index (χ4v) is 1.34. The van der Waals surface area contributed by atoms with Crippen molar-refractivity contribution in [1.82, 2.24) is 10.5 Å². The highest BCUT2D eigenvalue weighted by molar-refractivity contribution is 5.95. The second kappa shape index (κ2) is 6.89. The van der Waals surface area contributed by atoms with Crippen molar-refractivity contribution in [3.05, 3.63) is 17.5 Å². The van der Waals surface area contributed by atoms with E-state index in [1.165, 1.54) is 13.2 Å². The van der Waals surface area contributed by atoms with Gasteiger partial charge in [0.05, 0.1) is 13.2 Å². The van der Waals surface area contributed by atoms with Crippen LogP contribution in [0.2, 0.25) is 0 Å². The van der Waals surface area contributed by atoms with Crippen molar-refractivity contribution < 1.29 is 24.0 Å². The number of methoxy groups -OCH3 is 1. The van der Waals surface area contributed by atoms with Crippen molar-refractivity contribution >= 4 is 11.9 Å². The highest BCUT2D eigenvalue weighted by atomic mass is 16.5. The van der Waals surface area contributed by atoms with E-state index in [1.807, 2.05) is 13.8 Å².